The zero-order chi connectivity index (χ0) is 12.7. The van der Waals surface area contributed by atoms with Gasteiger partial charge in [-0.3, -0.25) is 9.59 Å². The SMILES string of the molecule is CC(C)CC(NC(C)CCC(=O)O)C(=O)O. The first-order valence-corrected chi connectivity index (χ1v) is 5.53. The van der Waals surface area contributed by atoms with E-state index in [0.29, 0.717) is 18.8 Å². The third kappa shape index (κ3) is 7.23. The van der Waals surface area contributed by atoms with Crippen LogP contribution in [-0.2, 0) is 9.59 Å². The molecule has 16 heavy (non-hydrogen) atoms. The van der Waals surface area contributed by atoms with Crippen LogP contribution in [0.2, 0.25) is 0 Å². The summed E-state index contributed by atoms with van der Waals surface area (Å²) in [5.74, 6) is -1.44. The molecular weight excluding hydrogens is 210 g/mol. The number of carbonyl (C=O) groups is 2. The fourth-order valence-electron chi connectivity index (χ4n) is 1.48. The van der Waals surface area contributed by atoms with Gasteiger partial charge < -0.3 is 15.5 Å². The average molecular weight is 231 g/mol. The molecule has 0 amide bonds. The molecule has 0 heterocycles. The highest BCUT2D eigenvalue weighted by molar-refractivity contribution is 5.73. The second kappa shape index (κ2) is 7.22. The molecule has 0 aliphatic heterocycles. The Labute approximate surface area is 95.9 Å². The van der Waals surface area contributed by atoms with Gasteiger partial charge in [-0.05, 0) is 25.7 Å². The van der Waals surface area contributed by atoms with Crippen LogP contribution in [0.5, 0.6) is 0 Å². The number of hydrogen-bond donors (Lipinski definition) is 3. The number of hydrogen-bond acceptors (Lipinski definition) is 3. The predicted octanol–water partition coefficient (Wildman–Crippen LogP) is 1.33. The number of aliphatic carboxylic acids is 2. The van der Waals surface area contributed by atoms with Crippen molar-refractivity contribution >= 4 is 11.9 Å². The molecule has 0 aromatic carbocycles. The van der Waals surface area contributed by atoms with Crippen molar-refractivity contribution in [2.45, 2.75) is 52.1 Å². The van der Waals surface area contributed by atoms with Crippen molar-refractivity contribution in [3.63, 3.8) is 0 Å². The number of rotatable bonds is 8. The van der Waals surface area contributed by atoms with Gasteiger partial charge in [0.25, 0.3) is 0 Å². The Bertz CT molecular complexity index is 240. The van der Waals surface area contributed by atoms with Crippen LogP contribution in [-0.4, -0.2) is 34.2 Å². The van der Waals surface area contributed by atoms with Crippen molar-refractivity contribution in [1.82, 2.24) is 5.32 Å². The molecule has 2 atom stereocenters. The third-order valence-corrected chi connectivity index (χ3v) is 2.28. The summed E-state index contributed by atoms with van der Waals surface area (Å²) in [6.45, 7) is 5.72. The Morgan fingerprint density at radius 1 is 1.19 bits per heavy atom. The summed E-state index contributed by atoms with van der Waals surface area (Å²) >= 11 is 0. The van der Waals surface area contributed by atoms with E-state index < -0.39 is 18.0 Å². The van der Waals surface area contributed by atoms with Gasteiger partial charge >= 0.3 is 11.9 Å². The Hall–Kier alpha value is -1.10. The highest BCUT2D eigenvalue weighted by Crippen LogP contribution is 2.07. The van der Waals surface area contributed by atoms with Crippen molar-refractivity contribution < 1.29 is 19.8 Å². The maximum absolute atomic E-state index is 10.9. The lowest BCUT2D eigenvalue weighted by Crippen LogP contribution is -2.43. The Kier molecular flexibility index (Phi) is 6.72. The first-order chi connectivity index (χ1) is 7.32. The summed E-state index contributed by atoms with van der Waals surface area (Å²) in [4.78, 5) is 21.3. The molecular formula is C11H21NO4. The van der Waals surface area contributed by atoms with Gasteiger partial charge in [0.2, 0.25) is 0 Å². The summed E-state index contributed by atoms with van der Waals surface area (Å²) in [6, 6.07) is -0.695. The van der Waals surface area contributed by atoms with Crippen molar-refractivity contribution in [1.29, 1.82) is 0 Å². The molecule has 0 spiro atoms. The molecule has 0 radical (unpaired) electrons. The van der Waals surface area contributed by atoms with E-state index in [1.807, 2.05) is 13.8 Å². The first-order valence-electron chi connectivity index (χ1n) is 5.53. The quantitative estimate of drug-likeness (QED) is 0.586. The summed E-state index contributed by atoms with van der Waals surface area (Å²) in [5, 5.41) is 20.4. The summed E-state index contributed by atoms with van der Waals surface area (Å²) in [5.41, 5.74) is 0. The summed E-state index contributed by atoms with van der Waals surface area (Å²) < 4.78 is 0. The maximum atomic E-state index is 10.9. The molecule has 0 fully saturated rings. The van der Waals surface area contributed by atoms with E-state index in [2.05, 4.69) is 5.32 Å². The van der Waals surface area contributed by atoms with Crippen LogP contribution in [0, 0.1) is 5.92 Å². The highest BCUT2D eigenvalue weighted by atomic mass is 16.4. The maximum Gasteiger partial charge on any atom is 0.320 e. The van der Waals surface area contributed by atoms with Gasteiger partial charge in [0.1, 0.15) is 6.04 Å². The minimum absolute atomic E-state index is 0.0577. The Morgan fingerprint density at radius 3 is 2.12 bits per heavy atom. The predicted molar refractivity (Wildman–Crippen MR) is 60.3 cm³/mol. The monoisotopic (exact) mass is 231 g/mol. The van der Waals surface area contributed by atoms with E-state index in [1.165, 1.54) is 0 Å². The molecule has 3 N–H and O–H groups in total. The molecule has 0 aromatic heterocycles. The van der Waals surface area contributed by atoms with E-state index in [-0.39, 0.29) is 12.5 Å². The van der Waals surface area contributed by atoms with Crippen LogP contribution >= 0.6 is 0 Å². The number of carboxylic acids is 2. The van der Waals surface area contributed by atoms with Crippen molar-refractivity contribution in [3.8, 4) is 0 Å². The van der Waals surface area contributed by atoms with E-state index >= 15 is 0 Å². The molecule has 0 aliphatic rings. The molecule has 0 rings (SSSR count). The first kappa shape index (κ1) is 14.9. The minimum Gasteiger partial charge on any atom is -0.481 e. The van der Waals surface area contributed by atoms with E-state index in [0.717, 1.165) is 0 Å². The van der Waals surface area contributed by atoms with Gasteiger partial charge in [-0.15, -0.1) is 0 Å². The lowest BCUT2D eigenvalue weighted by molar-refractivity contribution is -0.140. The zero-order valence-corrected chi connectivity index (χ0v) is 10.1. The third-order valence-electron chi connectivity index (χ3n) is 2.28. The lowest BCUT2D eigenvalue weighted by Gasteiger charge is -2.21. The molecule has 0 aliphatic carbocycles. The second-order valence-electron chi connectivity index (χ2n) is 4.52. The summed E-state index contributed by atoms with van der Waals surface area (Å²) in [7, 11) is 0. The van der Waals surface area contributed by atoms with Crippen LogP contribution < -0.4 is 5.32 Å². The second-order valence-corrected chi connectivity index (χ2v) is 4.52. The zero-order valence-electron chi connectivity index (χ0n) is 10.1. The minimum atomic E-state index is -0.879. The van der Waals surface area contributed by atoms with Crippen LogP contribution in [0.3, 0.4) is 0 Å². The van der Waals surface area contributed by atoms with Gasteiger partial charge in [0.15, 0.2) is 0 Å². The summed E-state index contributed by atoms with van der Waals surface area (Å²) in [6.07, 6.45) is 1.05. The van der Waals surface area contributed by atoms with E-state index in [1.54, 1.807) is 6.92 Å². The van der Waals surface area contributed by atoms with Gasteiger partial charge in [0.05, 0.1) is 0 Å². The van der Waals surface area contributed by atoms with Crippen molar-refractivity contribution in [2.75, 3.05) is 0 Å². The Balaban J connectivity index is 4.07. The normalized spacial score (nSPS) is 14.8. The topological polar surface area (TPSA) is 86.6 Å². The van der Waals surface area contributed by atoms with Crippen LogP contribution in [0.25, 0.3) is 0 Å². The number of nitrogens with one attached hydrogen (secondary N) is 1. The molecule has 0 saturated heterocycles. The van der Waals surface area contributed by atoms with E-state index in [4.69, 9.17) is 10.2 Å². The largest absolute Gasteiger partial charge is 0.481 e. The van der Waals surface area contributed by atoms with Gasteiger partial charge in [-0.2, -0.15) is 0 Å². The molecule has 0 saturated carbocycles. The fourth-order valence-corrected chi connectivity index (χ4v) is 1.48. The molecule has 0 aromatic rings. The van der Waals surface area contributed by atoms with Crippen LogP contribution in [0.15, 0.2) is 0 Å². The number of carboxylic acid groups (broad SMARTS) is 2. The molecule has 5 nitrogen and oxygen atoms in total. The van der Waals surface area contributed by atoms with Gasteiger partial charge in [-0.1, -0.05) is 13.8 Å². The smallest absolute Gasteiger partial charge is 0.320 e. The lowest BCUT2D eigenvalue weighted by atomic mass is 10.0. The highest BCUT2D eigenvalue weighted by Gasteiger charge is 2.20. The van der Waals surface area contributed by atoms with Crippen LogP contribution in [0.4, 0.5) is 0 Å². The van der Waals surface area contributed by atoms with Crippen molar-refractivity contribution in [2.24, 2.45) is 5.92 Å². The van der Waals surface area contributed by atoms with Gasteiger partial charge in [0, 0.05) is 12.5 Å². The molecule has 5 heteroatoms. The standard InChI is InChI=1S/C11H21NO4/c1-7(2)6-9(11(15)16)12-8(3)4-5-10(13)14/h7-9,12H,4-6H2,1-3H3,(H,13,14)(H,15,16). The Morgan fingerprint density at radius 2 is 1.75 bits per heavy atom. The average Bonchev–Trinajstić information content (AvgIpc) is 2.12. The van der Waals surface area contributed by atoms with Gasteiger partial charge in [-0.25, -0.2) is 0 Å². The molecule has 2 unspecified atom stereocenters. The van der Waals surface area contributed by atoms with E-state index in [9.17, 15) is 9.59 Å². The fraction of sp³-hybridized carbons (Fsp3) is 0.818. The van der Waals surface area contributed by atoms with Crippen LogP contribution in [0.1, 0.15) is 40.0 Å². The molecule has 0 bridgehead atoms. The molecule has 94 valence electrons. The van der Waals surface area contributed by atoms with Crippen molar-refractivity contribution in [3.05, 3.63) is 0 Å².